The first-order valence-corrected chi connectivity index (χ1v) is 7.63. The van der Waals surface area contributed by atoms with Gasteiger partial charge < -0.3 is 9.88 Å². The van der Waals surface area contributed by atoms with Gasteiger partial charge in [0.15, 0.2) is 0 Å². The maximum Gasteiger partial charge on any atom is 0.244 e. The molecule has 0 spiro atoms. The third-order valence-electron chi connectivity index (χ3n) is 2.98. The van der Waals surface area contributed by atoms with Gasteiger partial charge in [0.2, 0.25) is 10.0 Å². The molecule has 0 aliphatic carbocycles. The van der Waals surface area contributed by atoms with E-state index in [-0.39, 0.29) is 0 Å². The first-order valence-electron chi connectivity index (χ1n) is 6.19. The minimum atomic E-state index is -3.35. The number of nitrogens with one attached hydrogen (secondary N) is 1. The summed E-state index contributed by atoms with van der Waals surface area (Å²) in [6.07, 6.45) is 3.54. The fourth-order valence-electron chi connectivity index (χ4n) is 1.76. The SMILES string of the molecule is CCCCN(C)S(=O)(=O)c1cc(CNC)n(C)c1. The van der Waals surface area contributed by atoms with Crippen LogP contribution in [0.5, 0.6) is 0 Å². The third kappa shape index (κ3) is 3.34. The van der Waals surface area contributed by atoms with Gasteiger partial charge in [-0.2, -0.15) is 0 Å². The molecule has 0 fully saturated rings. The van der Waals surface area contributed by atoms with Gasteiger partial charge in [-0.05, 0) is 19.5 Å². The molecule has 0 saturated heterocycles. The Labute approximate surface area is 110 Å². The van der Waals surface area contributed by atoms with Gasteiger partial charge in [0, 0.05) is 39.1 Å². The number of hydrogen-bond acceptors (Lipinski definition) is 3. The van der Waals surface area contributed by atoms with Crippen molar-refractivity contribution in [2.24, 2.45) is 7.05 Å². The zero-order chi connectivity index (χ0) is 13.8. The Hall–Kier alpha value is -0.850. The van der Waals surface area contributed by atoms with Crippen molar-refractivity contribution >= 4 is 10.0 Å². The molecule has 1 heterocycles. The van der Waals surface area contributed by atoms with E-state index in [2.05, 4.69) is 5.32 Å². The summed E-state index contributed by atoms with van der Waals surface area (Å²) >= 11 is 0. The predicted molar refractivity (Wildman–Crippen MR) is 72.9 cm³/mol. The lowest BCUT2D eigenvalue weighted by Crippen LogP contribution is -2.27. The van der Waals surface area contributed by atoms with E-state index >= 15 is 0 Å². The molecule has 0 aliphatic heterocycles. The summed E-state index contributed by atoms with van der Waals surface area (Å²) in [6, 6.07) is 1.73. The fourth-order valence-corrected chi connectivity index (χ4v) is 3.06. The van der Waals surface area contributed by atoms with Crippen LogP contribution in [-0.2, 0) is 23.6 Å². The number of aryl methyl sites for hydroxylation is 1. The van der Waals surface area contributed by atoms with E-state index in [4.69, 9.17) is 0 Å². The average molecular weight is 273 g/mol. The van der Waals surface area contributed by atoms with E-state index in [1.807, 2.05) is 25.6 Å². The monoisotopic (exact) mass is 273 g/mol. The number of unbranched alkanes of at least 4 members (excludes halogenated alkanes) is 1. The second-order valence-corrected chi connectivity index (χ2v) is 6.53. The Bertz CT molecular complexity index is 480. The topological polar surface area (TPSA) is 54.3 Å². The summed E-state index contributed by atoms with van der Waals surface area (Å²) < 4.78 is 27.9. The molecule has 1 aromatic rings. The summed E-state index contributed by atoms with van der Waals surface area (Å²) in [6.45, 7) is 3.27. The molecule has 104 valence electrons. The van der Waals surface area contributed by atoms with Gasteiger partial charge in [0.1, 0.15) is 4.90 Å². The van der Waals surface area contributed by atoms with Crippen LogP contribution in [0.4, 0.5) is 0 Å². The zero-order valence-corrected chi connectivity index (χ0v) is 12.4. The molecule has 0 saturated carbocycles. The van der Waals surface area contributed by atoms with Crippen LogP contribution in [-0.4, -0.2) is 37.9 Å². The Morgan fingerprint density at radius 1 is 1.44 bits per heavy atom. The minimum absolute atomic E-state index is 0.369. The van der Waals surface area contributed by atoms with Crippen molar-refractivity contribution in [3.63, 3.8) is 0 Å². The Morgan fingerprint density at radius 2 is 2.11 bits per heavy atom. The average Bonchev–Trinajstić information content (AvgIpc) is 2.69. The Balaban J connectivity index is 2.94. The molecule has 0 amide bonds. The molecule has 0 aliphatic rings. The van der Waals surface area contributed by atoms with Crippen molar-refractivity contribution in [1.29, 1.82) is 0 Å². The van der Waals surface area contributed by atoms with Crippen LogP contribution in [0.15, 0.2) is 17.2 Å². The van der Waals surface area contributed by atoms with E-state index in [9.17, 15) is 8.42 Å². The molecule has 1 N–H and O–H groups in total. The fraction of sp³-hybridized carbons (Fsp3) is 0.667. The van der Waals surface area contributed by atoms with Crippen molar-refractivity contribution < 1.29 is 8.42 Å². The highest BCUT2D eigenvalue weighted by Crippen LogP contribution is 2.17. The van der Waals surface area contributed by atoms with Crippen molar-refractivity contribution in [3.8, 4) is 0 Å². The lowest BCUT2D eigenvalue weighted by molar-refractivity contribution is 0.459. The quantitative estimate of drug-likeness (QED) is 0.811. The summed E-state index contributed by atoms with van der Waals surface area (Å²) in [5.41, 5.74) is 0.958. The first kappa shape index (κ1) is 15.2. The van der Waals surface area contributed by atoms with Crippen molar-refractivity contribution in [2.45, 2.75) is 31.2 Å². The smallest absolute Gasteiger partial charge is 0.244 e. The van der Waals surface area contributed by atoms with Gasteiger partial charge in [-0.3, -0.25) is 0 Å². The predicted octanol–water partition coefficient (Wildman–Crippen LogP) is 1.17. The number of sulfonamides is 1. The molecule has 0 unspecified atom stereocenters. The summed E-state index contributed by atoms with van der Waals surface area (Å²) in [4.78, 5) is 0.369. The van der Waals surface area contributed by atoms with Gasteiger partial charge in [-0.1, -0.05) is 13.3 Å². The lowest BCUT2D eigenvalue weighted by Gasteiger charge is -2.15. The zero-order valence-electron chi connectivity index (χ0n) is 11.6. The molecule has 1 rings (SSSR count). The van der Waals surface area contributed by atoms with E-state index < -0.39 is 10.0 Å². The van der Waals surface area contributed by atoms with Crippen LogP contribution in [0, 0.1) is 0 Å². The van der Waals surface area contributed by atoms with Crippen molar-refractivity contribution in [1.82, 2.24) is 14.2 Å². The van der Waals surface area contributed by atoms with Crippen LogP contribution in [0.3, 0.4) is 0 Å². The Morgan fingerprint density at radius 3 is 2.67 bits per heavy atom. The van der Waals surface area contributed by atoms with Crippen LogP contribution >= 0.6 is 0 Å². The second kappa shape index (κ2) is 6.36. The molecule has 6 heteroatoms. The molecule has 0 aromatic carbocycles. The highest BCUT2D eigenvalue weighted by atomic mass is 32.2. The van der Waals surface area contributed by atoms with Crippen LogP contribution in [0.1, 0.15) is 25.5 Å². The largest absolute Gasteiger partial charge is 0.352 e. The number of rotatable bonds is 7. The van der Waals surface area contributed by atoms with Gasteiger partial charge >= 0.3 is 0 Å². The lowest BCUT2D eigenvalue weighted by atomic mass is 10.3. The van der Waals surface area contributed by atoms with E-state index in [0.717, 1.165) is 18.5 Å². The summed E-state index contributed by atoms with van der Waals surface area (Å²) in [5.74, 6) is 0. The molecule has 18 heavy (non-hydrogen) atoms. The van der Waals surface area contributed by atoms with E-state index in [1.54, 1.807) is 19.3 Å². The van der Waals surface area contributed by atoms with Gasteiger partial charge in [0.25, 0.3) is 0 Å². The molecular formula is C12H23N3O2S. The van der Waals surface area contributed by atoms with Gasteiger partial charge in [0.05, 0.1) is 0 Å². The van der Waals surface area contributed by atoms with E-state index in [1.165, 1.54) is 4.31 Å². The van der Waals surface area contributed by atoms with Gasteiger partial charge in [-0.15, -0.1) is 0 Å². The van der Waals surface area contributed by atoms with Crippen molar-refractivity contribution in [3.05, 3.63) is 18.0 Å². The normalized spacial score (nSPS) is 12.3. The molecule has 1 aromatic heterocycles. The number of hydrogen-bond donors (Lipinski definition) is 1. The summed E-state index contributed by atoms with van der Waals surface area (Å²) in [7, 11) is 1.99. The van der Waals surface area contributed by atoms with Crippen LogP contribution in [0.2, 0.25) is 0 Å². The third-order valence-corrected chi connectivity index (χ3v) is 4.80. The second-order valence-electron chi connectivity index (χ2n) is 4.49. The molecule has 5 nitrogen and oxygen atoms in total. The van der Waals surface area contributed by atoms with Crippen LogP contribution < -0.4 is 5.32 Å². The Kier molecular flexibility index (Phi) is 5.37. The highest BCUT2D eigenvalue weighted by Gasteiger charge is 2.22. The molecule has 0 bridgehead atoms. The summed E-state index contributed by atoms with van der Waals surface area (Å²) in [5, 5.41) is 3.02. The molecule has 0 atom stereocenters. The van der Waals surface area contributed by atoms with Crippen LogP contribution in [0.25, 0.3) is 0 Å². The standard InChI is InChI=1S/C12H23N3O2S/c1-5-6-7-15(4)18(16,17)12-8-11(9-13-2)14(3)10-12/h8,10,13H,5-7,9H2,1-4H3. The molecular weight excluding hydrogens is 250 g/mol. The molecule has 0 radical (unpaired) electrons. The maximum atomic E-state index is 12.3. The number of nitrogens with zero attached hydrogens (tertiary/aromatic N) is 2. The van der Waals surface area contributed by atoms with Crippen molar-refractivity contribution in [2.75, 3.05) is 20.6 Å². The van der Waals surface area contributed by atoms with E-state index in [0.29, 0.717) is 18.0 Å². The highest BCUT2D eigenvalue weighted by molar-refractivity contribution is 7.89. The first-order chi connectivity index (χ1) is 8.43. The van der Waals surface area contributed by atoms with Gasteiger partial charge in [-0.25, -0.2) is 12.7 Å². The maximum absolute atomic E-state index is 12.3. The number of aromatic nitrogens is 1. The minimum Gasteiger partial charge on any atom is -0.352 e.